The molecule has 0 fully saturated rings. The molecule has 0 aliphatic carbocycles. The summed E-state index contributed by atoms with van der Waals surface area (Å²) < 4.78 is 0. The van der Waals surface area contributed by atoms with Crippen molar-refractivity contribution in [2.75, 3.05) is 0 Å². The highest BCUT2D eigenvalue weighted by Gasteiger charge is 2.03. The second-order valence-corrected chi connectivity index (χ2v) is 4.32. The molecule has 1 heterocycles. The van der Waals surface area contributed by atoms with Gasteiger partial charge >= 0.3 is 0 Å². The number of aryl methyl sites for hydroxylation is 2. The topological polar surface area (TPSA) is 17.1 Å². The van der Waals surface area contributed by atoms with E-state index in [1.54, 1.807) is 11.3 Å². The van der Waals surface area contributed by atoms with Crippen LogP contribution in [0.4, 0.5) is 0 Å². The summed E-state index contributed by atoms with van der Waals surface area (Å²) in [6.07, 6.45) is 3.37. The van der Waals surface area contributed by atoms with Crippen molar-refractivity contribution in [3.63, 3.8) is 0 Å². The van der Waals surface area contributed by atoms with Crippen molar-refractivity contribution >= 4 is 17.1 Å². The molecule has 2 heteroatoms. The Morgan fingerprint density at radius 2 is 2.23 bits per heavy atom. The van der Waals surface area contributed by atoms with E-state index in [9.17, 15) is 4.79 Å². The van der Waals surface area contributed by atoms with Crippen molar-refractivity contribution in [2.45, 2.75) is 39.5 Å². The second kappa shape index (κ2) is 5.18. The smallest absolute Gasteiger partial charge is 0.133 e. The van der Waals surface area contributed by atoms with Crippen molar-refractivity contribution < 1.29 is 4.79 Å². The molecule has 0 bridgehead atoms. The molecule has 0 aromatic carbocycles. The number of ketones is 1. The molecule has 13 heavy (non-hydrogen) atoms. The first-order valence-corrected chi connectivity index (χ1v) is 5.66. The van der Waals surface area contributed by atoms with Crippen LogP contribution in [-0.2, 0) is 11.2 Å². The molecule has 0 saturated carbocycles. The van der Waals surface area contributed by atoms with E-state index in [1.165, 1.54) is 10.4 Å². The summed E-state index contributed by atoms with van der Waals surface area (Å²) in [4.78, 5) is 12.6. The number of hydrogen-bond acceptors (Lipinski definition) is 2. The van der Waals surface area contributed by atoms with Gasteiger partial charge in [-0.1, -0.05) is 6.92 Å². The average molecular weight is 196 g/mol. The molecule has 0 spiro atoms. The Kier molecular flexibility index (Phi) is 4.16. The fourth-order valence-electron chi connectivity index (χ4n) is 1.32. The van der Waals surface area contributed by atoms with Crippen LogP contribution >= 0.6 is 11.3 Å². The molecule has 0 radical (unpaired) electrons. The molecule has 1 nitrogen and oxygen atoms in total. The van der Waals surface area contributed by atoms with Crippen LogP contribution in [0, 0.1) is 6.92 Å². The number of thiophene rings is 1. The van der Waals surface area contributed by atoms with Crippen LogP contribution in [0.25, 0.3) is 0 Å². The van der Waals surface area contributed by atoms with E-state index in [1.807, 2.05) is 6.92 Å². The Bertz CT molecular complexity index is 275. The van der Waals surface area contributed by atoms with Gasteiger partial charge in [0.2, 0.25) is 0 Å². The predicted octanol–water partition coefficient (Wildman–Crippen LogP) is 3.36. The molecule has 72 valence electrons. The SMILES string of the molecule is CCCC(=O)CCc1sccc1C. The van der Waals surface area contributed by atoms with E-state index in [4.69, 9.17) is 0 Å². The summed E-state index contributed by atoms with van der Waals surface area (Å²) in [6.45, 7) is 4.16. The van der Waals surface area contributed by atoms with Gasteiger partial charge in [-0.05, 0) is 36.8 Å². The van der Waals surface area contributed by atoms with Crippen molar-refractivity contribution in [1.29, 1.82) is 0 Å². The quantitative estimate of drug-likeness (QED) is 0.705. The molecule has 1 aromatic heterocycles. The van der Waals surface area contributed by atoms with Crippen molar-refractivity contribution in [1.82, 2.24) is 0 Å². The van der Waals surface area contributed by atoms with Gasteiger partial charge < -0.3 is 0 Å². The lowest BCUT2D eigenvalue weighted by Gasteiger charge is -1.98. The number of Topliss-reactive ketones (excluding diaryl/α,β-unsaturated/α-hetero) is 1. The van der Waals surface area contributed by atoms with Gasteiger partial charge in [0, 0.05) is 17.7 Å². The number of carbonyl (C=O) groups is 1. The summed E-state index contributed by atoms with van der Waals surface area (Å²) in [5.41, 5.74) is 1.33. The molecule has 0 unspecified atom stereocenters. The second-order valence-electron chi connectivity index (χ2n) is 3.32. The standard InChI is InChI=1S/C11H16OS/c1-3-4-10(12)5-6-11-9(2)7-8-13-11/h7-8H,3-6H2,1-2H3. The third-order valence-electron chi connectivity index (χ3n) is 2.13. The lowest BCUT2D eigenvalue weighted by atomic mass is 10.1. The van der Waals surface area contributed by atoms with Crippen molar-refractivity contribution in [2.24, 2.45) is 0 Å². The van der Waals surface area contributed by atoms with Gasteiger partial charge in [-0.25, -0.2) is 0 Å². The van der Waals surface area contributed by atoms with Crippen molar-refractivity contribution in [3.05, 3.63) is 21.9 Å². The van der Waals surface area contributed by atoms with Crippen LogP contribution in [-0.4, -0.2) is 5.78 Å². The number of rotatable bonds is 5. The maximum Gasteiger partial charge on any atom is 0.133 e. The maximum atomic E-state index is 11.3. The summed E-state index contributed by atoms with van der Waals surface area (Å²) >= 11 is 1.76. The molecule has 0 atom stereocenters. The minimum atomic E-state index is 0.398. The molecule has 0 aliphatic rings. The van der Waals surface area contributed by atoms with Crippen molar-refractivity contribution in [3.8, 4) is 0 Å². The van der Waals surface area contributed by atoms with E-state index in [2.05, 4.69) is 18.4 Å². The minimum absolute atomic E-state index is 0.398. The molecule has 0 saturated heterocycles. The fraction of sp³-hybridized carbons (Fsp3) is 0.545. The van der Waals surface area contributed by atoms with Gasteiger partial charge in [-0.15, -0.1) is 11.3 Å². The third kappa shape index (κ3) is 3.31. The zero-order chi connectivity index (χ0) is 9.68. The molecule has 1 rings (SSSR count). The highest BCUT2D eigenvalue weighted by atomic mass is 32.1. The van der Waals surface area contributed by atoms with Crippen LogP contribution in [0.5, 0.6) is 0 Å². The average Bonchev–Trinajstić information content (AvgIpc) is 2.48. The lowest BCUT2D eigenvalue weighted by Crippen LogP contribution is -1.98. The summed E-state index contributed by atoms with van der Waals surface area (Å²) in [5.74, 6) is 0.398. The summed E-state index contributed by atoms with van der Waals surface area (Å²) in [6, 6.07) is 2.12. The third-order valence-corrected chi connectivity index (χ3v) is 3.21. The van der Waals surface area contributed by atoms with Gasteiger partial charge in [0.15, 0.2) is 0 Å². The molecule has 0 N–H and O–H groups in total. The van der Waals surface area contributed by atoms with Crippen LogP contribution in [0.2, 0.25) is 0 Å². The zero-order valence-corrected chi connectivity index (χ0v) is 9.12. The van der Waals surface area contributed by atoms with E-state index in [0.717, 1.165) is 25.7 Å². The van der Waals surface area contributed by atoms with Gasteiger partial charge in [0.05, 0.1) is 0 Å². The van der Waals surface area contributed by atoms with E-state index in [0.29, 0.717) is 5.78 Å². The minimum Gasteiger partial charge on any atom is -0.300 e. The van der Waals surface area contributed by atoms with E-state index < -0.39 is 0 Å². The first-order valence-electron chi connectivity index (χ1n) is 4.78. The molecule has 1 aromatic rings. The van der Waals surface area contributed by atoms with Crippen LogP contribution in [0.1, 0.15) is 36.6 Å². The summed E-state index contributed by atoms with van der Waals surface area (Å²) in [5, 5.41) is 2.09. The van der Waals surface area contributed by atoms with Gasteiger partial charge in [0.1, 0.15) is 5.78 Å². The summed E-state index contributed by atoms with van der Waals surface area (Å²) in [7, 11) is 0. The van der Waals surface area contributed by atoms with Gasteiger partial charge in [-0.3, -0.25) is 4.79 Å². The first kappa shape index (κ1) is 10.5. The normalized spacial score (nSPS) is 10.3. The lowest BCUT2D eigenvalue weighted by molar-refractivity contribution is -0.119. The molecule has 0 amide bonds. The van der Waals surface area contributed by atoms with Gasteiger partial charge in [-0.2, -0.15) is 0 Å². The molecule has 0 aliphatic heterocycles. The zero-order valence-electron chi connectivity index (χ0n) is 8.30. The molecular weight excluding hydrogens is 180 g/mol. The monoisotopic (exact) mass is 196 g/mol. The Hall–Kier alpha value is -0.630. The Morgan fingerprint density at radius 3 is 2.77 bits per heavy atom. The fourth-order valence-corrected chi connectivity index (χ4v) is 2.23. The van der Waals surface area contributed by atoms with E-state index >= 15 is 0 Å². The Balaban J connectivity index is 2.35. The highest BCUT2D eigenvalue weighted by molar-refractivity contribution is 7.10. The highest BCUT2D eigenvalue weighted by Crippen LogP contribution is 2.17. The van der Waals surface area contributed by atoms with Crippen LogP contribution in [0.15, 0.2) is 11.4 Å². The van der Waals surface area contributed by atoms with E-state index in [-0.39, 0.29) is 0 Å². The Labute approximate surface area is 83.8 Å². The first-order chi connectivity index (χ1) is 6.24. The number of hydrogen-bond donors (Lipinski definition) is 0. The van der Waals surface area contributed by atoms with Crippen LogP contribution < -0.4 is 0 Å². The predicted molar refractivity (Wildman–Crippen MR) is 57.3 cm³/mol. The molecular formula is C11H16OS. The maximum absolute atomic E-state index is 11.3. The van der Waals surface area contributed by atoms with Gasteiger partial charge in [0.25, 0.3) is 0 Å². The largest absolute Gasteiger partial charge is 0.300 e. The number of carbonyl (C=O) groups excluding carboxylic acids is 1. The Morgan fingerprint density at radius 1 is 1.46 bits per heavy atom. The van der Waals surface area contributed by atoms with Crippen LogP contribution in [0.3, 0.4) is 0 Å².